The Morgan fingerprint density at radius 3 is 2.45 bits per heavy atom. The van der Waals surface area contributed by atoms with Crippen molar-refractivity contribution in [2.24, 2.45) is 0 Å². The molecule has 1 aromatic carbocycles. The molecular formula is C17H25N3. The van der Waals surface area contributed by atoms with Crippen molar-refractivity contribution in [2.45, 2.75) is 46.7 Å². The first-order valence-corrected chi connectivity index (χ1v) is 7.54. The van der Waals surface area contributed by atoms with Crippen LogP contribution in [0.15, 0.2) is 30.5 Å². The van der Waals surface area contributed by atoms with Gasteiger partial charge < -0.3 is 5.32 Å². The van der Waals surface area contributed by atoms with Gasteiger partial charge in [-0.25, -0.2) is 0 Å². The van der Waals surface area contributed by atoms with Crippen LogP contribution in [0.2, 0.25) is 0 Å². The summed E-state index contributed by atoms with van der Waals surface area (Å²) in [5.74, 6) is 0. The van der Waals surface area contributed by atoms with Crippen molar-refractivity contribution >= 4 is 0 Å². The Hall–Kier alpha value is -1.61. The second-order valence-electron chi connectivity index (χ2n) is 5.28. The van der Waals surface area contributed by atoms with E-state index < -0.39 is 0 Å². The third-order valence-corrected chi connectivity index (χ3v) is 3.57. The van der Waals surface area contributed by atoms with Gasteiger partial charge in [0.15, 0.2) is 0 Å². The molecule has 1 aromatic heterocycles. The van der Waals surface area contributed by atoms with Crippen LogP contribution in [0.5, 0.6) is 0 Å². The summed E-state index contributed by atoms with van der Waals surface area (Å²) in [7, 11) is 0. The van der Waals surface area contributed by atoms with Crippen LogP contribution < -0.4 is 5.32 Å². The summed E-state index contributed by atoms with van der Waals surface area (Å²) in [6.07, 6.45) is 4.41. The van der Waals surface area contributed by atoms with Crippen molar-refractivity contribution in [1.82, 2.24) is 15.1 Å². The van der Waals surface area contributed by atoms with Crippen molar-refractivity contribution in [2.75, 3.05) is 6.54 Å². The van der Waals surface area contributed by atoms with Crippen LogP contribution in [-0.2, 0) is 19.5 Å². The summed E-state index contributed by atoms with van der Waals surface area (Å²) < 4.78 is 2.04. The maximum atomic E-state index is 4.60. The Labute approximate surface area is 122 Å². The fourth-order valence-corrected chi connectivity index (χ4v) is 2.28. The minimum atomic E-state index is 0.846. The maximum Gasteiger partial charge on any atom is 0.0659 e. The molecule has 0 spiro atoms. The normalized spacial score (nSPS) is 10.9. The summed E-state index contributed by atoms with van der Waals surface area (Å²) >= 11 is 0. The summed E-state index contributed by atoms with van der Waals surface area (Å²) in [6.45, 7) is 9.26. The minimum absolute atomic E-state index is 0.846. The lowest BCUT2D eigenvalue weighted by Crippen LogP contribution is -2.13. The molecule has 0 bridgehead atoms. The van der Waals surface area contributed by atoms with Crippen molar-refractivity contribution in [3.05, 3.63) is 52.8 Å². The molecular weight excluding hydrogens is 246 g/mol. The lowest BCUT2D eigenvalue weighted by molar-refractivity contribution is 0.668. The van der Waals surface area contributed by atoms with Gasteiger partial charge in [-0.3, -0.25) is 4.68 Å². The van der Waals surface area contributed by atoms with E-state index in [0.29, 0.717) is 0 Å². The van der Waals surface area contributed by atoms with Gasteiger partial charge in [0.1, 0.15) is 0 Å². The van der Waals surface area contributed by atoms with Crippen LogP contribution in [0, 0.1) is 6.92 Å². The molecule has 1 N–H and O–H groups in total. The van der Waals surface area contributed by atoms with Crippen molar-refractivity contribution < 1.29 is 0 Å². The molecule has 0 aliphatic rings. The molecule has 0 atom stereocenters. The second kappa shape index (κ2) is 7.25. The molecule has 108 valence electrons. The molecule has 1 heterocycles. The van der Waals surface area contributed by atoms with Gasteiger partial charge in [0, 0.05) is 18.3 Å². The Bertz CT molecular complexity index is 526. The number of benzene rings is 1. The van der Waals surface area contributed by atoms with Gasteiger partial charge in [0.05, 0.1) is 12.2 Å². The van der Waals surface area contributed by atoms with E-state index >= 15 is 0 Å². The average molecular weight is 271 g/mol. The van der Waals surface area contributed by atoms with Crippen LogP contribution in [0.1, 0.15) is 42.7 Å². The molecule has 2 aromatic rings. The molecule has 3 nitrogen and oxygen atoms in total. The van der Waals surface area contributed by atoms with Crippen LogP contribution in [-0.4, -0.2) is 16.3 Å². The van der Waals surface area contributed by atoms with Gasteiger partial charge in [-0.15, -0.1) is 0 Å². The zero-order valence-corrected chi connectivity index (χ0v) is 12.8. The summed E-state index contributed by atoms with van der Waals surface area (Å²) in [5, 5.41) is 8.04. The molecule has 3 heteroatoms. The largest absolute Gasteiger partial charge is 0.313 e. The van der Waals surface area contributed by atoms with Gasteiger partial charge in [-0.2, -0.15) is 5.10 Å². The number of hydrogen-bond donors (Lipinski definition) is 1. The van der Waals surface area contributed by atoms with E-state index in [1.807, 2.05) is 4.68 Å². The molecule has 0 saturated heterocycles. The molecule has 0 fully saturated rings. The lowest BCUT2D eigenvalue weighted by Gasteiger charge is -2.03. The first kappa shape index (κ1) is 14.8. The monoisotopic (exact) mass is 271 g/mol. The summed E-state index contributed by atoms with van der Waals surface area (Å²) in [4.78, 5) is 0. The third kappa shape index (κ3) is 3.94. The minimum Gasteiger partial charge on any atom is -0.313 e. The molecule has 2 rings (SSSR count). The highest BCUT2D eigenvalue weighted by Gasteiger charge is 2.05. The van der Waals surface area contributed by atoms with E-state index in [-0.39, 0.29) is 0 Å². The Kier molecular flexibility index (Phi) is 5.36. The van der Waals surface area contributed by atoms with Crippen molar-refractivity contribution in [3.63, 3.8) is 0 Å². The average Bonchev–Trinajstić information content (AvgIpc) is 2.80. The molecule has 0 radical (unpaired) electrons. The van der Waals surface area contributed by atoms with Crippen LogP contribution in [0.25, 0.3) is 0 Å². The van der Waals surface area contributed by atoms with Crippen molar-refractivity contribution in [1.29, 1.82) is 0 Å². The van der Waals surface area contributed by atoms with Crippen molar-refractivity contribution in [3.8, 4) is 0 Å². The van der Waals surface area contributed by atoms with Gasteiger partial charge in [-0.1, -0.05) is 38.1 Å². The standard InChI is InChI=1S/C17H25N3/c1-4-10-18-11-17-13-20(19-14(17)3)12-16-8-6-15(5-2)7-9-16/h6-9,13,18H,4-5,10-12H2,1-3H3. The topological polar surface area (TPSA) is 29.9 Å². The Morgan fingerprint density at radius 2 is 1.80 bits per heavy atom. The van der Waals surface area contributed by atoms with E-state index in [9.17, 15) is 0 Å². The quantitative estimate of drug-likeness (QED) is 0.783. The predicted molar refractivity (Wildman–Crippen MR) is 83.9 cm³/mol. The number of nitrogens with zero attached hydrogens (tertiary/aromatic N) is 2. The fraction of sp³-hybridized carbons (Fsp3) is 0.471. The van der Waals surface area contributed by atoms with Crippen LogP contribution >= 0.6 is 0 Å². The first-order valence-electron chi connectivity index (χ1n) is 7.54. The van der Waals surface area contributed by atoms with E-state index in [0.717, 1.165) is 38.2 Å². The molecule has 0 aliphatic heterocycles. The summed E-state index contributed by atoms with van der Waals surface area (Å²) in [6, 6.07) is 8.81. The maximum absolute atomic E-state index is 4.60. The molecule has 0 aliphatic carbocycles. The van der Waals surface area contributed by atoms with Gasteiger partial charge in [0.25, 0.3) is 0 Å². The van der Waals surface area contributed by atoms with E-state index in [4.69, 9.17) is 0 Å². The lowest BCUT2D eigenvalue weighted by atomic mass is 10.1. The zero-order chi connectivity index (χ0) is 14.4. The first-order chi connectivity index (χ1) is 9.72. The highest BCUT2D eigenvalue weighted by atomic mass is 15.3. The SMILES string of the molecule is CCCNCc1cn(Cc2ccc(CC)cc2)nc1C. The molecule has 0 amide bonds. The zero-order valence-electron chi connectivity index (χ0n) is 12.8. The molecule has 0 saturated carbocycles. The number of aromatic nitrogens is 2. The van der Waals surface area contributed by atoms with E-state index in [1.165, 1.54) is 16.7 Å². The van der Waals surface area contributed by atoms with E-state index in [1.54, 1.807) is 0 Å². The summed E-state index contributed by atoms with van der Waals surface area (Å²) in [5.41, 5.74) is 5.11. The number of rotatable bonds is 7. The molecule has 20 heavy (non-hydrogen) atoms. The third-order valence-electron chi connectivity index (χ3n) is 3.57. The second-order valence-corrected chi connectivity index (χ2v) is 5.28. The van der Waals surface area contributed by atoms with Gasteiger partial charge in [0.2, 0.25) is 0 Å². The van der Waals surface area contributed by atoms with E-state index in [2.05, 4.69) is 61.6 Å². The predicted octanol–water partition coefficient (Wildman–Crippen LogP) is 3.30. The van der Waals surface area contributed by atoms with Crippen LogP contribution in [0.3, 0.4) is 0 Å². The highest BCUT2D eigenvalue weighted by Crippen LogP contribution is 2.10. The number of hydrogen-bond acceptors (Lipinski definition) is 2. The smallest absolute Gasteiger partial charge is 0.0659 e. The number of nitrogens with one attached hydrogen (secondary N) is 1. The Balaban J connectivity index is 2.00. The van der Waals surface area contributed by atoms with Crippen LogP contribution in [0.4, 0.5) is 0 Å². The fourth-order valence-electron chi connectivity index (χ4n) is 2.28. The molecule has 0 unspecified atom stereocenters. The highest BCUT2D eigenvalue weighted by molar-refractivity contribution is 5.23. The van der Waals surface area contributed by atoms with Gasteiger partial charge in [-0.05, 0) is 37.4 Å². The van der Waals surface area contributed by atoms with Gasteiger partial charge >= 0.3 is 0 Å². The Morgan fingerprint density at radius 1 is 1.10 bits per heavy atom. The number of aryl methyl sites for hydroxylation is 2.